The summed E-state index contributed by atoms with van der Waals surface area (Å²) in [6, 6.07) is 0. The van der Waals surface area contributed by atoms with Crippen molar-refractivity contribution in [2.45, 2.75) is 51.4 Å². The molecule has 4 unspecified atom stereocenters. The second kappa shape index (κ2) is 88.5. The van der Waals surface area contributed by atoms with Gasteiger partial charge in [0.2, 0.25) is 21.0 Å². The van der Waals surface area contributed by atoms with Crippen LogP contribution in [0.4, 0.5) is 0 Å². The zero-order valence-electron chi connectivity index (χ0n) is 57.1. The van der Waals surface area contributed by atoms with Crippen molar-refractivity contribution in [2.24, 2.45) is 0 Å². The molecular formula is C60H102Cl8N4O28. The monoisotopic (exact) mass is 1610 g/mol. The molecule has 0 rings (SSSR count). The SMILES string of the molecule is C=C.C=C.C=C.C=C.C=O.C=O.CC(OCC(OC(C)N(CCOOCC(=O)Cl)CCOOCC(=O)Cl)C(COCCN(CCCOCC(=O)Cl)CCOCCOCC(=O)Cl)OCCN(CCCOCC(=O)Cl)CCOCCOCC(=O)Cl)N(CCOOCC(=O)Cl)CCOOCC(=O)Cl. The van der Waals surface area contributed by atoms with E-state index in [1.165, 1.54) is 0 Å². The van der Waals surface area contributed by atoms with Gasteiger partial charge in [-0.05, 0) is 119 Å². The number of carbonyl (C=O) groups is 10. The molecule has 0 fully saturated rings. The molecule has 586 valence electrons. The molecule has 100 heavy (non-hydrogen) atoms. The lowest BCUT2D eigenvalue weighted by atomic mass is 10.2. The van der Waals surface area contributed by atoms with E-state index in [0.29, 0.717) is 52.1 Å². The Bertz CT molecular complexity index is 1910. The van der Waals surface area contributed by atoms with Gasteiger partial charge in [0.25, 0.3) is 21.0 Å². The van der Waals surface area contributed by atoms with Crippen molar-refractivity contribution in [3.63, 3.8) is 0 Å². The van der Waals surface area contributed by atoms with E-state index in [2.05, 4.69) is 52.6 Å². The molecule has 40 heteroatoms. The summed E-state index contributed by atoms with van der Waals surface area (Å²) < 4.78 is 59.2. The minimum Gasteiger partial charge on any atom is -0.378 e. The Morgan fingerprint density at radius 2 is 0.560 bits per heavy atom. The van der Waals surface area contributed by atoms with Gasteiger partial charge in [-0.2, -0.15) is 0 Å². The van der Waals surface area contributed by atoms with E-state index < -0.39 is 93.0 Å². The van der Waals surface area contributed by atoms with Crippen molar-refractivity contribution in [3.05, 3.63) is 52.6 Å². The summed E-state index contributed by atoms with van der Waals surface area (Å²) in [5, 5.41) is -5.75. The zero-order chi connectivity index (χ0) is 77.4. The highest BCUT2D eigenvalue weighted by Gasteiger charge is 2.30. The minimum atomic E-state index is -0.997. The van der Waals surface area contributed by atoms with Crippen LogP contribution in [0.2, 0.25) is 0 Å². The van der Waals surface area contributed by atoms with E-state index in [1.54, 1.807) is 23.6 Å². The predicted octanol–water partition coefficient (Wildman–Crippen LogP) is 5.32. The first-order valence-corrected chi connectivity index (χ1v) is 33.1. The van der Waals surface area contributed by atoms with Crippen LogP contribution < -0.4 is 0 Å². The van der Waals surface area contributed by atoms with Gasteiger partial charge in [0.1, 0.15) is 64.7 Å². The first-order chi connectivity index (χ1) is 48.2. The van der Waals surface area contributed by atoms with Crippen LogP contribution >= 0.6 is 92.8 Å². The van der Waals surface area contributed by atoms with Crippen molar-refractivity contribution < 1.29 is 134 Å². The van der Waals surface area contributed by atoms with E-state index in [0.717, 1.165) is 0 Å². The molecule has 32 nitrogen and oxygen atoms in total. The van der Waals surface area contributed by atoms with Crippen molar-refractivity contribution >= 4 is 148 Å². The lowest BCUT2D eigenvalue weighted by molar-refractivity contribution is -0.300. The van der Waals surface area contributed by atoms with Gasteiger partial charge in [-0.25, -0.2) is 39.1 Å². The molecule has 0 N–H and O–H groups in total. The molecule has 0 saturated carbocycles. The molecule has 0 aliphatic heterocycles. The minimum absolute atomic E-state index is 0.0614. The Morgan fingerprint density at radius 1 is 0.280 bits per heavy atom. The van der Waals surface area contributed by atoms with Gasteiger partial charge in [-0.1, -0.05) is 0 Å². The van der Waals surface area contributed by atoms with Gasteiger partial charge in [-0.3, -0.25) is 58.0 Å². The number of ether oxygens (including phenoxy) is 10. The van der Waals surface area contributed by atoms with Crippen LogP contribution in [0.3, 0.4) is 0 Å². The van der Waals surface area contributed by atoms with Crippen molar-refractivity contribution in [3.8, 4) is 0 Å². The van der Waals surface area contributed by atoms with E-state index in [4.69, 9.17) is 189 Å². The number of carbonyl (C=O) groups excluding carboxylic acids is 10. The average molecular weight is 1610 g/mol. The smallest absolute Gasteiger partial charge is 0.250 e. The van der Waals surface area contributed by atoms with E-state index >= 15 is 0 Å². The second-order valence-corrected chi connectivity index (χ2v) is 21.1. The molecular weight excluding hydrogens is 1510 g/mol. The molecule has 4 atom stereocenters. The molecule has 0 spiro atoms. The largest absolute Gasteiger partial charge is 0.378 e. The summed E-state index contributed by atoms with van der Waals surface area (Å²) >= 11 is 43.3. The van der Waals surface area contributed by atoms with Crippen molar-refractivity contribution in [2.75, 3.05) is 224 Å². The maximum Gasteiger partial charge on any atom is 0.250 e. The Morgan fingerprint density at radius 3 is 0.880 bits per heavy atom. The quantitative estimate of drug-likeness (QED) is 0.0185. The first kappa shape index (κ1) is 110. The highest BCUT2D eigenvalue weighted by Crippen LogP contribution is 2.16. The number of nitrogens with zero attached hydrogens (tertiary/aromatic N) is 4. The van der Waals surface area contributed by atoms with Crippen LogP contribution in [0.5, 0.6) is 0 Å². The van der Waals surface area contributed by atoms with Crippen molar-refractivity contribution in [1.29, 1.82) is 0 Å². The van der Waals surface area contributed by atoms with Gasteiger partial charge in [0.15, 0.2) is 26.4 Å². The Hall–Kier alpha value is -2.90. The molecule has 0 radical (unpaired) electrons. The molecule has 0 aromatic carbocycles. The lowest BCUT2D eigenvalue weighted by Crippen LogP contribution is -2.49. The van der Waals surface area contributed by atoms with Crippen molar-refractivity contribution in [1.82, 2.24) is 19.6 Å². The molecule has 0 heterocycles. The van der Waals surface area contributed by atoms with Crippen LogP contribution in [-0.2, 0) is 134 Å². The predicted molar refractivity (Wildman–Crippen MR) is 374 cm³/mol. The maximum atomic E-state index is 11.4. The average Bonchev–Trinajstić information content (AvgIpc) is 0.878. The number of hydrogen-bond donors (Lipinski definition) is 0. The van der Waals surface area contributed by atoms with E-state index in [-0.39, 0.29) is 158 Å². The third kappa shape index (κ3) is 85.7. The molecule has 0 aliphatic rings. The Kier molecular flexibility index (Phi) is 97.8. The van der Waals surface area contributed by atoms with E-state index in [9.17, 15) is 38.4 Å². The van der Waals surface area contributed by atoms with Gasteiger partial charge in [0.05, 0.1) is 92.5 Å². The topological polar surface area (TPSA) is 350 Å². The standard InChI is InChI=1S/C50H82Cl8N4O26.4C2H4.2CH2O/c1-39(61(11-21-80-84-35-47(55)67)12-22-81-85-36-48(56)68)79-30-42(88-40(2)62(13-23-82-86-37-49(57)69)14-24-83-87-38-50(58)70)41(78-20-10-60(6-4-16-74-32-44(52)64)8-18-72-26-28-77-34-46(54)66)29-75-19-9-59(5-3-15-73-31-43(51)63)7-17-71-25-27-76-33-45(53)65;6*1-2/h39-42H,3-38H2,1-2H3;4*1-2H2;2*1H2. The summed E-state index contributed by atoms with van der Waals surface area (Å²) in [5.74, 6) is 0. The highest BCUT2D eigenvalue weighted by molar-refractivity contribution is 6.65. The van der Waals surface area contributed by atoms with Crippen LogP contribution in [0.25, 0.3) is 0 Å². The lowest BCUT2D eigenvalue weighted by Gasteiger charge is -2.36. The van der Waals surface area contributed by atoms with Crippen LogP contribution in [-0.4, -0.2) is 324 Å². The summed E-state index contributed by atoms with van der Waals surface area (Å²) in [7, 11) is 0. The fourth-order valence-electron chi connectivity index (χ4n) is 6.95. The Balaban J connectivity index is -0.00000136. The molecule has 0 bridgehead atoms. The number of hydrogen-bond acceptors (Lipinski definition) is 32. The zero-order valence-corrected chi connectivity index (χ0v) is 63.1. The maximum absolute atomic E-state index is 11.4. The third-order valence-electron chi connectivity index (χ3n) is 11.0. The Labute approximate surface area is 626 Å². The van der Waals surface area contributed by atoms with Gasteiger partial charge in [0, 0.05) is 78.7 Å². The van der Waals surface area contributed by atoms with Crippen LogP contribution in [0.1, 0.15) is 26.7 Å². The summed E-state index contributed by atoms with van der Waals surface area (Å²) in [4.78, 5) is 154. The highest BCUT2D eigenvalue weighted by atomic mass is 35.5. The fourth-order valence-corrected chi connectivity index (χ4v) is 7.43. The molecule has 0 aliphatic carbocycles. The second-order valence-electron chi connectivity index (χ2n) is 17.8. The molecule has 0 saturated heterocycles. The third-order valence-corrected chi connectivity index (χ3v) is 11.9. The normalized spacial score (nSPS) is 11.9. The van der Waals surface area contributed by atoms with Gasteiger partial charge < -0.3 is 57.0 Å². The van der Waals surface area contributed by atoms with Gasteiger partial charge >= 0.3 is 0 Å². The van der Waals surface area contributed by atoms with E-state index in [1.807, 2.05) is 23.4 Å². The van der Waals surface area contributed by atoms with Gasteiger partial charge in [-0.15, -0.1) is 52.6 Å². The molecule has 0 aromatic rings. The summed E-state index contributed by atoms with van der Waals surface area (Å²) in [6.07, 6.45) is -2.55. The summed E-state index contributed by atoms with van der Waals surface area (Å²) in [6.45, 7) is 32.2. The van der Waals surface area contributed by atoms with Crippen LogP contribution in [0, 0.1) is 0 Å². The molecule has 0 amide bonds. The number of rotatable bonds is 69. The first-order valence-electron chi connectivity index (χ1n) is 30.1. The fraction of sp³-hybridized carbons (Fsp3) is 0.700. The van der Waals surface area contributed by atoms with Crippen LogP contribution in [0.15, 0.2) is 52.6 Å². The molecule has 0 aromatic heterocycles. The number of halogens is 8. The summed E-state index contributed by atoms with van der Waals surface area (Å²) in [5.41, 5.74) is 0.